The predicted molar refractivity (Wildman–Crippen MR) is 70.9 cm³/mol. The average Bonchev–Trinajstić information content (AvgIpc) is 2.46. The van der Waals surface area contributed by atoms with Crippen LogP contribution in [0.1, 0.15) is 21.6 Å². The lowest BCUT2D eigenvalue weighted by atomic mass is 10.1. The van der Waals surface area contributed by atoms with E-state index >= 15 is 0 Å². The third-order valence-electron chi connectivity index (χ3n) is 2.66. The van der Waals surface area contributed by atoms with Crippen LogP contribution in [0.2, 0.25) is 0 Å². The van der Waals surface area contributed by atoms with E-state index in [0.29, 0.717) is 12.4 Å². The lowest BCUT2D eigenvalue weighted by Crippen LogP contribution is -2.24. The normalized spacial score (nSPS) is 10.0. The molecule has 0 radical (unpaired) electrons. The number of hydrogen-bond donors (Lipinski definition) is 1. The maximum absolute atomic E-state index is 11.8. The molecule has 1 N–H and O–H groups in total. The number of benzene rings is 1. The van der Waals surface area contributed by atoms with Crippen LogP contribution in [0.15, 0.2) is 36.4 Å². The van der Waals surface area contributed by atoms with Crippen LogP contribution in [0.3, 0.4) is 0 Å². The van der Waals surface area contributed by atoms with E-state index < -0.39 is 0 Å². The SMILES string of the molecule is COc1ccc(C(=O)NCc2ccc(C)cc2)nn1. The van der Waals surface area contributed by atoms with Crippen molar-refractivity contribution in [2.75, 3.05) is 7.11 Å². The topological polar surface area (TPSA) is 64.1 Å². The highest BCUT2D eigenvalue weighted by atomic mass is 16.5. The summed E-state index contributed by atoms with van der Waals surface area (Å²) < 4.78 is 4.88. The summed E-state index contributed by atoms with van der Waals surface area (Å²) in [7, 11) is 1.50. The second-order valence-electron chi connectivity index (χ2n) is 4.13. The Balaban J connectivity index is 1.95. The fourth-order valence-corrected chi connectivity index (χ4v) is 1.53. The first-order chi connectivity index (χ1) is 9.19. The van der Waals surface area contributed by atoms with E-state index in [2.05, 4.69) is 15.5 Å². The molecule has 0 unspecified atom stereocenters. The molecule has 0 aliphatic heterocycles. The van der Waals surface area contributed by atoms with Crippen molar-refractivity contribution in [1.82, 2.24) is 15.5 Å². The Labute approximate surface area is 111 Å². The first-order valence-electron chi connectivity index (χ1n) is 5.90. The molecule has 1 amide bonds. The molecule has 5 heteroatoms. The fourth-order valence-electron chi connectivity index (χ4n) is 1.53. The summed E-state index contributed by atoms with van der Waals surface area (Å²) in [6, 6.07) is 11.2. The molecule has 0 saturated carbocycles. The molecule has 0 atom stereocenters. The molecular formula is C14H15N3O2. The van der Waals surface area contributed by atoms with Crippen molar-refractivity contribution in [3.05, 3.63) is 53.2 Å². The van der Waals surface area contributed by atoms with Gasteiger partial charge in [0.15, 0.2) is 5.69 Å². The number of nitrogens with zero attached hydrogens (tertiary/aromatic N) is 2. The quantitative estimate of drug-likeness (QED) is 0.905. The van der Waals surface area contributed by atoms with Crippen LogP contribution in [0.5, 0.6) is 5.88 Å². The summed E-state index contributed by atoms with van der Waals surface area (Å²) in [6.07, 6.45) is 0. The standard InChI is InChI=1S/C14H15N3O2/c1-10-3-5-11(6-4-10)9-15-14(18)12-7-8-13(19-2)17-16-12/h3-8H,9H2,1-2H3,(H,15,18). The zero-order valence-corrected chi connectivity index (χ0v) is 10.9. The van der Waals surface area contributed by atoms with Crippen LogP contribution in [0.25, 0.3) is 0 Å². The molecule has 2 aromatic rings. The van der Waals surface area contributed by atoms with Gasteiger partial charge in [-0.1, -0.05) is 29.8 Å². The molecule has 98 valence electrons. The van der Waals surface area contributed by atoms with Gasteiger partial charge in [-0.3, -0.25) is 4.79 Å². The Morgan fingerprint density at radius 2 is 1.89 bits per heavy atom. The second kappa shape index (κ2) is 5.95. The van der Waals surface area contributed by atoms with Gasteiger partial charge in [-0.05, 0) is 18.6 Å². The average molecular weight is 257 g/mol. The van der Waals surface area contributed by atoms with Gasteiger partial charge in [0.25, 0.3) is 5.91 Å². The molecule has 0 spiro atoms. The number of aromatic nitrogens is 2. The lowest BCUT2D eigenvalue weighted by Gasteiger charge is -2.05. The number of amides is 1. The number of ether oxygens (including phenoxy) is 1. The molecule has 5 nitrogen and oxygen atoms in total. The number of hydrogen-bond acceptors (Lipinski definition) is 4. The molecule has 1 aromatic heterocycles. The van der Waals surface area contributed by atoms with Crippen LogP contribution < -0.4 is 10.1 Å². The fraction of sp³-hybridized carbons (Fsp3) is 0.214. The molecule has 2 rings (SSSR count). The van der Waals surface area contributed by atoms with Gasteiger partial charge in [-0.25, -0.2) is 0 Å². The number of carbonyl (C=O) groups is 1. The van der Waals surface area contributed by atoms with Crippen LogP contribution >= 0.6 is 0 Å². The van der Waals surface area contributed by atoms with E-state index in [9.17, 15) is 4.79 Å². The van der Waals surface area contributed by atoms with Gasteiger partial charge < -0.3 is 10.1 Å². The van der Waals surface area contributed by atoms with E-state index in [1.165, 1.54) is 12.7 Å². The van der Waals surface area contributed by atoms with Crippen molar-refractivity contribution in [3.8, 4) is 5.88 Å². The van der Waals surface area contributed by atoms with Gasteiger partial charge in [0.2, 0.25) is 5.88 Å². The molecule has 0 aliphatic rings. The maximum atomic E-state index is 11.8. The predicted octanol–water partition coefficient (Wildman–Crippen LogP) is 1.72. The summed E-state index contributed by atoms with van der Waals surface area (Å²) in [5.74, 6) is 0.130. The highest BCUT2D eigenvalue weighted by Gasteiger charge is 2.07. The minimum atomic E-state index is -0.254. The monoisotopic (exact) mass is 257 g/mol. The highest BCUT2D eigenvalue weighted by Crippen LogP contribution is 2.05. The third kappa shape index (κ3) is 3.51. The maximum Gasteiger partial charge on any atom is 0.272 e. The largest absolute Gasteiger partial charge is 0.480 e. The molecule has 0 bridgehead atoms. The lowest BCUT2D eigenvalue weighted by molar-refractivity contribution is 0.0944. The molecule has 1 heterocycles. The van der Waals surface area contributed by atoms with Crippen molar-refractivity contribution in [2.24, 2.45) is 0 Å². The molecule has 1 aromatic carbocycles. The van der Waals surface area contributed by atoms with Crippen molar-refractivity contribution in [2.45, 2.75) is 13.5 Å². The first-order valence-corrected chi connectivity index (χ1v) is 5.90. The van der Waals surface area contributed by atoms with Gasteiger partial charge in [0, 0.05) is 12.6 Å². The molecular weight excluding hydrogens is 242 g/mol. The van der Waals surface area contributed by atoms with E-state index in [1.807, 2.05) is 31.2 Å². The summed E-state index contributed by atoms with van der Waals surface area (Å²) in [6.45, 7) is 2.49. The Hall–Kier alpha value is -2.43. The summed E-state index contributed by atoms with van der Waals surface area (Å²) in [4.78, 5) is 11.8. The zero-order valence-electron chi connectivity index (χ0n) is 10.9. The van der Waals surface area contributed by atoms with E-state index in [0.717, 1.165) is 5.56 Å². The summed E-state index contributed by atoms with van der Waals surface area (Å²) in [5, 5.41) is 10.3. The second-order valence-corrected chi connectivity index (χ2v) is 4.13. The Bertz CT molecular complexity index is 550. The number of nitrogens with one attached hydrogen (secondary N) is 1. The molecule has 0 aliphatic carbocycles. The Morgan fingerprint density at radius 3 is 2.47 bits per heavy atom. The Morgan fingerprint density at radius 1 is 1.16 bits per heavy atom. The van der Waals surface area contributed by atoms with Crippen molar-refractivity contribution >= 4 is 5.91 Å². The summed E-state index contributed by atoms with van der Waals surface area (Å²) >= 11 is 0. The van der Waals surface area contributed by atoms with Crippen LogP contribution in [0, 0.1) is 6.92 Å². The number of carbonyl (C=O) groups excluding carboxylic acids is 1. The highest BCUT2D eigenvalue weighted by molar-refractivity contribution is 5.92. The van der Waals surface area contributed by atoms with Crippen molar-refractivity contribution in [3.63, 3.8) is 0 Å². The third-order valence-corrected chi connectivity index (χ3v) is 2.66. The van der Waals surface area contributed by atoms with Crippen LogP contribution in [-0.2, 0) is 6.54 Å². The smallest absolute Gasteiger partial charge is 0.272 e. The first kappa shape index (κ1) is 13.0. The van der Waals surface area contributed by atoms with Gasteiger partial charge in [-0.2, -0.15) is 0 Å². The number of aryl methyl sites for hydroxylation is 1. The van der Waals surface area contributed by atoms with E-state index in [-0.39, 0.29) is 11.6 Å². The molecule has 0 saturated heterocycles. The summed E-state index contributed by atoms with van der Waals surface area (Å²) in [5.41, 5.74) is 2.50. The minimum Gasteiger partial charge on any atom is -0.480 e. The van der Waals surface area contributed by atoms with Gasteiger partial charge in [0.05, 0.1) is 7.11 Å². The molecule has 19 heavy (non-hydrogen) atoms. The van der Waals surface area contributed by atoms with Gasteiger partial charge in [-0.15, -0.1) is 10.2 Å². The minimum absolute atomic E-state index is 0.254. The number of methoxy groups -OCH3 is 1. The molecule has 0 fully saturated rings. The van der Waals surface area contributed by atoms with Crippen molar-refractivity contribution < 1.29 is 9.53 Å². The van der Waals surface area contributed by atoms with E-state index in [1.54, 1.807) is 12.1 Å². The van der Waals surface area contributed by atoms with Gasteiger partial charge >= 0.3 is 0 Å². The van der Waals surface area contributed by atoms with E-state index in [4.69, 9.17) is 4.74 Å². The zero-order chi connectivity index (χ0) is 13.7. The van der Waals surface area contributed by atoms with Gasteiger partial charge in [0.1, 0.15) is 0 Å². The van der Waals surface area contributed by atoms with Crippen molar-refractivity contribution in [1.29, 1.82) is 0 Å². The van der Waals surface area contributed by atoms with Crippen LogP contribution in [0.4, 0.5) is 0 Å². The van der Waals surface area contributed by atoms with Crippen LogP contribution in [-0.4, -0.2) is 23.2 Å². The Kier molecular flexibility index (Phi) is 4.07. The number of rotatable bonds is 4.